The molecule has 0 bridgehead atoms. The van der Waals surface area contributed by atoms with Gasteiger partial charge in [0.15, 0.2) is 0 Å². The predicted octanol–water partition coefficient (Wildman–Crippen LogP) is 3.00. The van der Waals surface area contributed by atoms with Gasteiger partial charge in [0, 0.05) is 25.2 Å². The van der Waals surface area contributed by atoms with E-state index in [0.717, 1.165) is 19.3 Å². The Morgan fingerprint density at radius 1 is 1.13 bits per heavy atom. The van der Waals surface area contributed by atoms with Crippen LogP contribution < -0.4 is 5.73 Å². The lowest BCUT2D eigenvalue weighted by molar-refractivity contribution is -0.0759. The summed E-state index contributed by atoms with van der Waals surface area (Å²) in [5.41, 5.74) is 5.52. The zero-order valence-electron chi connectivity index (χ0n) is 16.2. The first-order valence-electron chi connectivity index (χ1n) is 8.71. The van der Waals surface area contributed by atoms with Crippen LogP contribution in [0, 0.1) is 5.92 Å². The average Bonchev–Trinajstić information content (AvgIpc) is 2.37. The third-order valence-corrected chi connectivity index (χ3v) is 5.43. The van der Waals surface area contributed by atoms with Gasteiger partial charge in [-0.3, -0.25) is 0 Å². The Hall–Kier alpha value is -0.170. The summed E-state index contributed by atoms with van der Waals surface area (Å²) in [7, 11) is -3.06. The van der Waals surface area contributed by atoms with Gasteiger partial charge < -0.3 is 10.5 Å². The molecular weight excluding hydrogens is 312 g/mol. The molecule has 0 spiro atoms. The highest BCUT2D eigenvalue weighted by Gasteiger charge is 2.35. The van der Waals surface area contributed by atoms with Crippen molar-refractivity contribution in [2.75, 3.05) is 26.0 Å². The van der Waals surface area contributed by atoms with Gasteiger partial charge in [0.2, 0.25) is 10.0 Å². The van der Waals surface area contributed by atoms with Crippen molar-refractivity contribution in [2.45, 2.75) is 78.4 Å². The molecular formula is C17H38N2O3S. The summed E-state index contributed by atoms with van der Waals surface area (Å²) in [5.74, 6) is 0.390. The van der Waals surface area contributed by atoms with E-state index < -0.39 is 10.0 Å². The fourth-order valence-corrected chi connectivity index (χ4v) is 3.45. The number of sulfonamides is 1. The van der Waals surface area contributed by atoms with Gasteiger partial charge in [-0.1, -0.05) is 20.3 Å². The third kappa shape index (κ3) is 9.65. The topological polar surface area (TPSA) is 72.6 Å². The summed E-state index contributed by atoms with van der Waals surface area (Å²) in [5, 5.41) is 0. The van der Waals surface area contributed by atoms with E-state index in [1.54, 1.807) is 4.31 Å². The first-order valence-corrected chi connectivity index (χ1v) is 10.6. The molecule has 0 atom stereocenters. The number of nitrogens with two attached hydrogens (primary N) is 1. The highest BCUT2D eigenvalue weighted by atomic mass is 32.2. The highest BCUT2D eigenvalue weighted by molar-refractivity contribution is 7.88. The fourth-order valence-electron chi connectivity index (χ4n) is 2.58. The molecule has 2 N–H and O–H groups in total. The van der Waals surface area contributed by atoms with Crippen molar-refractivity contribution in [2.24, 2.45) is 11.7 Å². The van der Waals surface area contributed by atoms with Crippen molar-refractivity contribution in [3.63, 3.8) is 0 Å². The first kappa shape index (κ1) is 22.8. The van der Waals surface area contributed by atoms with Crippen LogP contribution in [-0.4, -0.2) is 49.8 Å². The smallest absolute Gasteiger partial charge is 0.211 e. The first-order chi connectivity index (χ1) is 10.3. The number of ether oxygens (including phenoxy) is 1. The van der Waals surface area contributed by atoms with E-state index in [1.807, 2.05) is 13.8 Å². The lowest BCUT2D eigenvalue weighted by atomic mass is 9.83. The Labute approximate surface area is 144 Å². The molecule has 0 amide bonds. The van der Waals surface area contributed by atoms with Crippen LogP contribution in [0.1, 0.15) is 67.2 Å². The molecule has 5 nitrogen and oxygen atoms in total. The molecule has 0 aromatic heterocycles. The molecule has 23 heavy (non-hydrogen) atoms. The second kappa shape index (κ2) is 9.35. The zero-order valence-corrected chi connectivity index (χ0v) is 17.0. The molecule has 0 saturated carbocycles. The molecule has 1 aliphatic heterocycles. The van der Waals surface area contributed by atoms with Gasteiger partial charge in [-0.15, -0.1) is 0 Å². The van der Waals surface area contributed by atoms with Gasteiger partial charge >= 0.3 is 0 Å². The molecule has 1 saturated heterocycles. The van der Waals surface area contributed by atoms with Crippen molar-refractivity contribution in [3.05, 3.63) is 0 Å². The normalized spacial score (nSPS) is 18.4. The predicted molar refractivity (Wildman–Crippen MR) is 98.0 cm³/mol. The Morgan fingerprint density at radius 2 is 1.57 bits per heavy atom. The fraction of sp³-hybridized carbons (Fsp3) is 1.00. The van der Waals surface area contributed by atoms with E-state index in [-0.39, 0.29) is 11.1 Å². The van der Waals surface area contributed by atoms with Crippen molar-refractivity contribution < 1.29 is 13.2 Å². The third-order valence-electron chi connectivity index (χ3n) is 4.13. The van der Waals surface area contributed by atoms with E-state index >= 15 is 0 Å². The van der Waals surface area contributed by atoms with Crippen LogP contribution in [0.5, 0.6) is 0 Å². The second-order valence-electron chi connectivity index (χ2n) is 7.83. The van der Waals surface area contributed by atoms with Gasteiger partial charge in [-0.25, -0.2) is 12.7 Å². The maximum atomic E-state index is 11.5. The van der Waals surface area contributed by atoms with E-state index in [0.29, 0.717) is 25.6 Å². The van der Waals surface area contributed by atoms with Crippen molar-refractivity contribution in [3.8, 4) is 0 Å². The summed E-state index contributed by atoms with van der Waals surface area (Å²) in [6.45, 7) is 14.3. The molecule has 6 heteroatoms. The summed E-state index contributed by atoms with van der Waals surface area (Å²) in [6.07, 6.45) is 5.05. The van der Waals surface area contributed by atoms with Crippen LogP contribution in [0.3, 0.4) is 0 Å². The van der Waals surface area contributed by atoms with E-state index in [9.17, 15) is 8.42 Å². The Balaban J connectivity index is 0.00000149. The minimum absolute atomic E-state index is 0.213. The number of piperidine rings is 1. The summed E-state index contributed by atoms with van der Waals surface area (Å²) in [4.78, 5) is 0. The van der Waals surface area contributed by atoms with E-state index in [2.05, 4.69) is 27.7 Å². The molecule has 140 valence electrons. The molecule has 1 heterocycles. The molecule has 0 aliphatic carbocycles. The van der Waals surface area contributed by atoms with E-state index in [4.69, 9.17) is 10.5 Å². The Bertz CT molecular complexity index is 420. The molecule has 1 aliphatic rings. The molecule has 0 aromatic carbocycles. The van der Waals surface area contributed by atoms with Crippen LogP contribution >= 0.6 is 0 Å². The highest BCUT2D eigenvalue weighted by Crippen LogP contribution is 2.32. The van der Waals surface area contributed by atoms with Crippen LogP contribution in [0.15, 0.2) is 0 Å². The number of hydrogen-bond donors (Lipinski definition) is 1. The van der Waals surface area contributed by atoms with Gasteiger partial charge in [-0.05, 0) is 52.9 Å². The van der Waals surface area contributed by atoms with Crippen LogP contribution in [0.25, 0.3) is 0 Å². The molecule has 1 fully saturated rings. The maximum absolute atomic E-state index is 11.5. The molecule has 0 unspecified atom stereocenters. The van der Waals surface area contributed by atoms with Crippen LogP contribution in [0.2, 0.25) is 0 Å². The SMILES string of the molecule is CC(C)(N)CCOC(C)(C)C1CCN(S(C)(=O)=O)CC1.CCC. The number of hydrogen-bond acceptors (Lipinski definition) is 4. The lowest BCUT2D eigenvalue weighted by Gasteiger charge is -2.40. The largest absolute Gasteiger partial charge is 0.375 e. The average molecular weight is 351 g/mol. The number of rotatable bonds is 6. The molecule has 1 rings (SSSR count). The van der Waals surface area contributed by atoms with Crippen molar-refractivity contribution in [1.82, 2.24) is 4.31 Å². The van der Waals surface area contributed by atoms with Crippen LogP contribution in [-0.2, 0) is 14.8 Å². The Kier molecular flexibility index (Phi) is 9.28. The monoisotopic (exact) mass is 350 g/mol. The zero-order chi connectivity index (χ0) is 18.3. The molecule has 0 radical (unpaired) electrons. The maximum Gasteiger partial charge on any atom is 0.211 e. The second-order valence-corrected chi connectivity index (χ2v) is 9.82. The van der Waals surface area contributed by atoms with Gasteiger partial charge in [-0.2, -0.15) is 0 Å². The van der Waals surface area contributed by atoms with Gasteiger partial charge in [0.05, 0.1) is 11.9 Å². The Morgan fingerprint density at radius 3 is 1.91 bits per heavy atom. The minimum Gasteiger partial charge on any atom is -0.375 e. The van der Waals surface area contributed by atoms with Crippen molar-refractivity contribution >= 4 is 10.0 Å². The quantitative estimate of drug-likeness (QED) is 0.799. The minimum atomic E-state index is -3.06. The van der Waals surface area contributed by atoms with Crippen molar-refractivity contribution in [1.29, 1.82) is 0 Å². The summed E-state index contributed by atoms with van der Waals surface area (Å²) >= 11 is 0. The standard InChI is InChI=1S/C14H30N2O3S.C3H8/c1-13(2,15)8-11-19-14(3,4)12-6-9-16(10-7-12)20(5,17)18;1-3-2/h12H,6-11,15H2,1-5H3;3H2,1-2H3. The number of nitrogens with zero attached hydrogens (tertiary/aromatic N) is 1. The van der Waals surface area contributed by atoms with Crippen LogP contribution in [0.4, 0.5) is 0 Å². The summed E-state index contributed by atoms with van der Waals surface area (Å²) < 4.78 is 30.6. The summed E-state index contributed by atoms with van der Waals surface area (Å²) in [6, 6.07) is 0. The molecule has 0 aromatic rings. The van der Waals surface area contributed by atoms with Gasteiger partial charge in [0.25, 0.3) is 0 Å². The lowest BCUT2D eigenvalue weighted by Crippen LogP contribution is -2.45. The van der Waals surface area contributed by atoms with Gasteiger partial charge in [0.1, 0.15) is 0 Å². The van der Waals surface area contributed by atoms with E-state index in [1.165, 1.54) is 12.7 Å².